The summed E-state index contributed by atoms with van der Waals surface area (Å²) in [4.78, 5) is 12.3. The van der Waals surface area contributed by atoms with E-state index >= 15 is 0 Å². The number of hydrogen-bond donors (Lipinski definition) is 0. The SMILES string of the molecule is CCC/C=C/CCCCCCCCCCCCCCCC(=O)n1nnc2ccccc21. The minimum Gasteiger partial charge on any atom is -0.273 e. The number of rotatable bonds is 18. The zero-order chi connectivity index (χ0) is 22.0. The summed E-state index contributed by atoms with van der Waals surface area (Å²) in [6.07, 6.45) is 26.1. The summed E-state index contributed by atoms with van der Waals surface area (Å²) in [7, 11) is 0. The zero-order valence-corrected chi connectivity index (χ0v) is 19.7. The van der Waals surface area contributed by atoms with Gasteiger partial charge in [-0.25, -0.2) is 0 Å². The third kappa shape index (κ3) is 10.8. The Hall–Kier alpha value is -1.97. The van der Waals surface area contributed by atoms with Crippen LogP contribution in [0.15, 0.2) is 36.4 Å². The fourth-order valence-corrected chi connectivity index (χ4v) is 4.04. The highest BCUT2D eigenvalue weighted by Crippen LogP contribution is 2.15. The van der Waals surface area contributed by atoms with Crippen LogP contribution in [-0.4, -0.2) is 20.9 Å². The van der Waals surface area contributed by atoms with Crippen LogP contribution in [0.5, 0.6) is 0 Å². The smallest absolute Gasteiger partial charge is 0.248 e. The minimum absolute atomic E-state index is 0.0571. The Morgan fingerprint density at radius 2 is 1.32 bits per heavy atom. The van der Waals surface area contributed by atoms with E-state index < -0.39 is 0 Å². The van der Waals surface area contributed by atoms with Gasteiger partial charge >= 0.3 is 0 Å². The highest BCUT2D eigenvalue weighted by Gasteiger charge is 2.10. The van der Waals surface area contributed by atoms with Gasteiger partial charge < -0.3 is 0 Å². The molecule has 4 nitrogen and oxygen atoms in total. The lowest BCUT2D eigenvalue weighted by Crippen LogP contribution is -2.12. The highest BCUT2D eigenvalue weighted by atomic mass is 16.2. The molecule has 1 aromatic carbocycles. The van der Waals surface area contributed by atoms with Gasteiger partial charge in [-0.1, -0.05) is 113 Å². The minimum atomic E-state index is 0.0571. The second-order valence-corrected chi connectivity index (χ2v) is 8.78. The summed E-state index contributed by atoms with van der Waals surface area (Å²) in [5.41, 5.74) is 1.60. The quantitative estimate of drug-likeness (QED) is 0.178. The number of allylic oxidation sites excluding steroid dienone is 2. The van der Waals surface area contributed by atoms with Crippen molar-refractivity contribution in [1.29, 1.82) is 0 Å². The molecular weight excluding hydrogens is 382 g/mol. The van der Waals surface area contributed by atoms with Crippen molar-refractivity contribution in [3.63, 3.8) is 0 Å². The maximum absolute atomic E-state index is 12.3. The standard InChI is InChI=1S/C27H43N3O/c1-2-3-4-5-6-7-8-9-10-11-12-13-14-15-16-17-18-19-24-27(31)30-26-23-21-20-22-25(26)28-29-30/h4-5,20-23H,2-3,6-19,24H2,1H3/b5-4+. The van der Waals surface area contributed by atoms with E-state index in [9.17, 15) is 4.79 Å². The fraction of sp³-hybridized carbons (Fsp3) is 0.667. The van der Waals surface area contributed by atoms with Crippen molar-refractivity contribution in [3.05, 3.63) is 36.4 Å². The molecule has 172 valence electrons. The van der Waals surface area contributed by atoms with Gasteiger partial charge in [0.05, 0.1) is 5.52 Å². The van der Waals surface area contributed by atoms with Gasteiger partial charge in [0, 0.05) is 6.42 Å². The molecule has 0 N–H and O–H groups in total. The van der Waals surface area contributed by atoms with Crippen LogP contribution in [0.2, 0.25) is 0 Å². The second kappa shape index (κ2) is 16.7. The molecule has 0 spiro atoms. The van der Waals surface area contributed by atoms with Crippen molar-refractivity contribution in [3.8, 4) is 0 Å². The first-order chi connectivity index (χ1) is 15.3. The van der Waals surface area contributed by atoms with Gasteiger partial charge in [0.2, 0.25) is 5.91 Å². The van der Waals surface area contributed by atoms with Gasteiger partial charge in [-0.15, -0.1) is 5.10 Å². The third-order valence-electron chi connectivity index (χ3n) is 5.97. The molecule has 0 fully saturated rings. The zero-order valence-electron chi connectivity index (χ0n) is 19.7. The number of nitrogens with zero attached hydrogens (tertiary/aromatic N) is 3. The van der Waals surface area contributed by atoms with Gasteiger partial charge in [-0.2, -0.15) is 4.68 Å². The first-order valence-corrected chi connectivity index (χ1v) is 12.8. The first-order valence-electron chi connectivity index (χ1n) is 12.8. The van der Waals surface area contributed by atoms with Gasteiger partial charge in [0.25, 0.3) is 0 Å². The Balaban J connectivity index is 1.34. The largest absolute Gasteiger partial charge is 0.273 e. The van der Waals surface area contributed by atoms with E-state index in [1.165, 1.54) is 94.6 Å². The molecule has 0 aliphatic heterocycles. The molecule has 0 amide bonds. The number of unbranched alkanes of at least 4 members (excludes halogenated alkanes) is 14. The molecule has 2 rings (SSSR count). The number of fused-ring (bicyclic) bond motifs is 1. The molecule has 0 aliphatic rings. The van der Waals surface area contributed by atoms with Gasteiger partial charge in [-0.05, 0) is 37.8 Å². The molecule has 0 radical (unpaired) electrons. The lowest BCUT2D eigenvalue weighted by molar-refractivity contribution is 0.0886. The van der Waals surface area contributed by atoms with Crippen molar-refractivity contribution in [1.82, 2.24) is 15.0 Å². The predicted octanol–water partition coefficient (Wildman–Crippen LogP) is 8.28. The maximum Gasteiger partial charge on any atom is 0.248 e. The van der Waals surface area contributed by atoms with E-state index in [0.717, 1.165) is 23.9 Å². The van der Waals surface area contributed by atoms with Crippen molar-refractivity contribution >= 4 is 16.9 Å². The van der Waals surface area contributed by atoms with E-state index in [0.29, 0.717) is 6.42 Å². The van der Waals surface area contributed by atoms with Crippen LogP contribution >= 0.6 is 0 Å². The summed E-state index contributed by atoms with van der Waals surface area (Å²) in [6, 6.07) is 7.63. The van der Waals surface area contributed by atoms with E-state index in [1.54, 1.807) is 0 Å². The number of carbonyl (C=O) groups is 1. The molecular formula is C27H43N3O. The average Bonchev–Trinajstić information content (AvgIpc) is 3.22. The van der Waals surface area contributed by atoms with Gasteiger partial charge in [-0.3, -0.25) is 4.79 Å². The topological polar surface area (TPSA) is 47.8 Å². The summed E-state index contributed by atoms with van der Waals surface area (Å²) in [5, 5.41) is 8.07. The normalized spacial score (nSPS) is 11.6. The van der Waals surface area contributed by atoms with Crippen molar-refractivity contribution in [2.75, 3.05) is 0 Å². The summed E-state index contributed by atoms with van der Waals surface area (Å²) >= 11 is 0. The number of para-hydroxylation sites is 1. The summed E-state index contributed by atoms with van der Waals surface area (Å²) in [6.45, 7) is 2.23. The van der Waals surface area contributed by atoms with E-state index in [4.69, 9.17) is 0 Å². The number of benzene rings is 1. The second-order valence-electron chi connectivity index (χ2n) is 8.78. The van der Waals surface area contributed by atoms with E-state index in [2.05, 4.69) is 29.4 Å². The molecule has 0 aliphatic carbocycles. The lowest BCUT2D eigenvalue weighted by atomic mass is 10.0. The van der Waals surface area contributed by atoms with E-state index in [-0.39, 0.29) is 5.91 Å². The first kappa shape index (κ1) is 25.3. The van der Waals surface area contributed by atoms with Crippen LogP contribution < -0.4 is 0 Å². The Kier molecular flexibility index (Phi) is 13.6. The van der Waals surface area contributed by atoms with Crippen LogP contribution in [0.1, 0.15) is 121 Å². The summed E-state index contributed by atoms with van der Waals surface area (Å²) < 4.78 is 1.46. The van der Waals surface area contributed by atoms with E-state index in [1.807, 2.05) is 24.3 Å². The average molecular weight is 426 g/mol. The third-order valence-corrected chi connectivity index (χ3v) is 5.97. The van der Waals surface area contributed by atoms with Crippen LogP contribution in [0.3, 0.4) is 0 Å². The van der Waals surface area contributed by atoms with Crippen molar-refractivity contribution < 1.29 is 4.79 Å². The number of aromatic nitrogens is 3. The van der Waals surface area contributed by atoms with Gasteiger partial charge in [0.15, 0.2) is 0 Å². The Morgan fingerprint density at radius 3 is 1.97 bits per heavy atom. The lowest BCUT2D eigenvalue weighted by Gasteiger charge is -2.04. The molecule has 0 saturated heterocycles. The maximum atomic E-state index is 12.3. The molecule has 1 aromatic heterocycles. The molecule has 0 saturated carbocycles. The molecule has 1 heterocycles. The Labute approximate surface area is 189 Å². The molecule has 31 heavy (non-hydrogen) atoms. The van der Waals surface area contributed by atoms with Crippen molar-refractivity contribution in [2.45, 2.75) is 116 Å². The van der Waals surface area contributed by atoms with Crippen LogP contribution in [0, 0.1) is 0 Å². The monoisotopic (exact) mass is 425 g/mol. The molecule has 2 aromatic rings. The fourth-order valence-electron chi connectivity index (χ4n) is 4.04. The Bertz CT molecular complexity index is 750. The molecule has 0 atom stereocenters. The predicted molar refractivity (Wildman–Crippen MR) is 131 cm³/mol. The molecule has 4 heteroatoms. The highest BCUT2D eigenvalue weighted by molar-refractivity contribution is 5.88. The molecule has 0 bridgehead atoms. The van der Waals surface area contributed by atoms with Crippen LogP contribution in [0.25, 0.3) is 11.0 Å². The molecule has 0 unspecified atom stereocenters. The van der Waals surface area contributed by atoms with Crippen molar-refractivity contribution in [2.24, 2.45) is 0 Å². The number of carbonyl (C=O) groups excluding carboxylic acids is 1. The van der Waals surface area contributed by atoms with Crippen LogP contribution in [-0.2, 0) is 0 Å². The number of hydrogen-bond acceptors (Lipinski definition) is 3. The summed E-state index contributed by atoms with van der Waals surface area (Å²) in [5.74, 6) is 0.0571. The Morgan fingerprint density at radius 1 is 0.774 bits per heavy atom. The van der Waals surface area contributed by atoms with Crippen LogP contribution in [0.4, 0.5) is 0 Å². The van der Waals surface area contributed by atoms with Gasteiger partial charge in [0.1, 0.15) is 5.52 Å².